The molecule has 0 aromatic carbocycles. The molecule has 0 aliphatic carbocycles. The van der Waals surface area contributed by atoms with Crippen LogP contribution in [0, 0.1) is 0 Å². The Morgan fingerprint density at radius 1 is 1.37 bits per heavy atom. The van der Waals surface area contributed by atoms with Crippen molar-refractivity contribution in [3.05, 3.63) is 24.2 Å². The fraction of sp³-hybridized carbons (Fsp3) is 0.462. The van der Waals surface area contributed by atoms with Crippen LogP contribution in [0.3, 0.4) is 0 Å². The number of methoxy groups -OCH3 is 1. The summed E-state index contributed by atoms with van der Waals surface area (Å²) in [6.07, 6.45) is 3.40. The maximum atomic E-state index is 5.62. The van der Waals surface area contributed by atoms with Gasteiger partial charge in [-0.15, -0.1) is 10.2 Å². The van der Waals surface area contributed by atoms with E-state index in [1.807, 2.05) is 12.1 Å². The molecule has 0 saturated carbocycles. The van der Waals surface area contributed by atoms with Gasteiger partial charge in [-0.1, -0.05) is 6.92 Å². The smallest absolute Gasteiger partial charge is 0.253 e. The fourth-order valence-electron chi connectivity index (χ4n) is 1.72. The zero-order valence-corrected chi connectivity index (χ0v) is 11.2. The highest BCUT2D eigenvalue weighted by atomic mass is 16.5. The van der Waals surface area contributed by atoms with Gasteiger partial charge >= 0.3 is 0 Å². The van der Waals surface area contributed by atoms with E-state index in [1.165, 1.54) is 0 Å². The summed E-state index contributed by atoms with van der Waals surface area (Å²) in [5.74, 6) is 1.58. The summed E-state index contributed by atoms with van der Waals surface area (Å²) >= 11 is 0. The molecule has 1 N–H and O–H groups in total. The Labute approximate surface area is 112 Å². The quantitative estimate of drug-likeness (QED) is 0.765. The van der Waals surface area contributed by atoms with Gasteiger partial charge in [0.05, 0.1) is 7.11 Å². The van der Waals surface area contributed by atoms with Crippen molar-refractivity contribution in [2.75, 3.05) is 20.2 Å². The molecule has 0 spiro atoms. The van der Waals surface area contributed by atoms with Gasteiger partial charge in [-0.2, -0.15) is 0 Å². The summed E-state index contributed by atoms with van der Waals surface area (Å²) in [5.41, 5.74) is 0.718. The second kappa shape index (κ2) is 6.84. The molecule has 102 valence electrons. The Bertz CT molecular complexity index is 513. The van der Waals surface area contributed by atoms with Gasteiger partial charge in [0.15, 0.2) is 0 Å². The lowest BCUT2D eigenvalue weighted by Gasteiger charge is -2.01. The van der Waals surface area contributed by atoms with Crippen molar-refractivity contribution in [1.29, 1.82) is 0 Å². The molecule has 0 unspecified atom stereocenters. The predicted octanol–water partition coefficient (Wildman–Crippen LogP) is 1.68. The number of nitrogens with zero attached hydrogens (tertiary/aromatic N) is 3. The molecular weight excluding hydrogens is 244 g/mol. The summed E-state index contributed by atoms with van der Waals surface area (Å²) < 4.78 is 10.8. The molecule has 0 atom stereocenters. The Kier molecular flexibility index (Phi) is 4.85. The molecule has 0 aliphatic rings. The third kappa shape index (κ3) is 3.51. The lowest BCUT2D eigenvalue weighted by Crippen LogP contribution is -2.14. The van der Waals surface area contributed by atoms with E-state index >= 15 is 0 Å². The SMILES string of the molecule is CCNCCCc1nnc(-c2cccnc2OC)o1. The lowest BCUT2D eigenvalue weighted by molar-refractivity contribution is 0.397. The summed E-state index contributed by atoms with van der Waals surface area (Å²) in [4.78, 5) is 4.11. The number of hydrogen-bond acceptors (Lipinski definition) is 6. The van der Waals surface area contributed by atoms with Crippen LogP contribution in [0.2, 0.25) is 0 Å². The maximum Gasteiger partial charge on any atom is 0.253 e. The Morgan fingerprint density at radius 3 is 3.05 bits per heavy atom. The zero-order valence-electron chi connectivity index (χ0n) is 11.2. The summed E-state index contributed by atoms with van der Waals surface area (Å²) in [5, 5.41) is 11.3. The van der Waals surface area contributed by atoms with Gasteiger partial charge in [0.2, 0.25) is 11.8 Å². The van der Waals surface area contributed by atoms with Gasteiger partial charge in [-0.25, -0.2) is 4.98 Å². The van der Waals surface area contributed by atoms with Gasteiger partial charge in [-0.05, 0) is 31.6 Å². The molecule has 2 aromatic heterocycles. The van der Waals surface area contributed by atoms with Crippen molar-refractivity contribution >= 4 is 0 Å². The van der Waals surface area contributed by atoms with Crippen LogP contribution in [-0.4, -0.2) is 35.4 Å². The summed E-state index contributed by atoms with van der Waals surface area (Å²) in [7, 11) is 1.57. The van der Waals surface area contributed by atoms with Crippen LogP contribution >= 0.6 is 0 Å². The first-order valence-electron chi connectivity index (χ1n) is 6.37. The molecule has 2 rings (SSSR count). The topological polar surface area (TPSA) is 73.1 Å². The molecule has 19 heavy (non-hydrogen) atoms. The number of aryl methyl sites for hydroxylation is 1. The Hall–Kier alpha value is -1.95. The molecular formula is C13H18N4O2. The third-order valence-electron chi connectivity index (χ3n) is 2.66. The number of pyridine rings is 1. The number of ether oxygens (including phenoxy) is 1. The fourth-order valence-corrected chi connectivity index (χ4v) is 1.72. The summed E-state index contributed by atoms with van der Waals surface area (Å²) in [6, 6.07) is 3.66. The summed E-state index contributed by atoms with van der Waals surface area (Å²) in [6.45, 7) is 4.01. The van der Waals surface area contributed by atoms with Crippen molar-refractivity contribution in [3.8, 4) is 17.3 Å². The van der Waals surface area contributed by atoms with Gasteiger partial charge in [0.1, 0.15) is 5.56 Å². The van der Waals surface area contributed by atoms with Crippen LogP contribution in [-0.2, 0) is 6.42 Å². The van der Waals surface area contributed by atoms with Crippen molar-refractivity contribution in [2.24, 2.45) is 0 Å². The van der Waals surface area contributed by atoms with Crippen LogP contribution in [0.25, 0.3) is 11.5 Å². The van der Waals surface area contributed by atoms with E-state index in [4.69, 9.17) is 9.15 Å². The Morgan fingerprint density at radius 2 is 2.26 bits per heavy atom. The minimum absolute atomic E-state index is 0.448. The largest absolute Gasteiger partial charge is 0.480 e. The van der Waals surface area contributed by atoms with E-state index < -0.39 is 0 Å². The second-order valence-corrected chi connectivity index (χ2v) is 4.02. The van der Waals surface area contributed by atoms with Crippen LogP contribution < -0.4 is 10.1 Å². The number of aromatic nitrogens is 3. The first-order valence-corrected chi connectivity index (χ1v) is 6.37. The normalized spacial score (nSPS) is 10.6. The van der Waals surface area contributed by atoms with E-state index in [0.717, 1.165) is 31.5 Å². The van der Waals surface area contributed by atoms with Gasteiger partial charge in [0.25, 0.3) is 5.89 Å². The second-order valence-electron chi connectivity index (χ2n) is 4.02. The molecule has 2 aromatic rings. The highest BCUT2D eigenvalue weighted by Gasteiger charge is 2.13. The number of hydrogen-bond donors (Lipinski definition) is 1. The van der Waals surface area contributed by atoms with Crippen molar-refractivity contribution in [2.45, 2.75) is 19.8 Å². The molecule has 6 nitrogen and oxygen atoms in total. The molecule has 0 saturated heterocycles. The molecule has 0 aliphatic heterocycles. The van der Waals surface area contributed by atoms with Crippen molar-refractivity contribution in [3.63, 3.8) is 0 Å². The zero-order chi connectivity index (χ0) is 13.5. The lowest BCUT2D eigenvalue weighted by atomic mass is 10.3. The third-order valence-corrected chi connectivity index (χ3v) is 2.66. The van der Waals surface area contributed by atoms with Gasteiger partial charge in [0, 0.05) is 12.6 Å². The monoisotopic (exact) mass is 262 g/mol. The first-order chi connectivity index (χ1) is 9.35. The molecule has 0 radical (unpaired) electrons. The van der Waals surface area contributed by atoms with E-state index in [9.17, 15) is 0 Å². The molecule has 0 bridgehead atoms. The van der Waals surface area contributed by atoms with Crippen molar-refractivity contribution < 1.29 is 9.15 Å². The van der Waals surface area contributed by atoms with Crippen molar-refractivity contribution in [1.82, 2.24) is 20.5 Å². The van der Waals surface area contributed by atoms with E-state index in [-0.39, 0.29) is 0 Å². The van der Waals surface area contributed by atoms with Crippen LogP contribution in [0.4, 0.5) is 0 Å². The standard InChI is InChI=1S/C13H18N4O2/c1-3-14-8-5-7-11-16-17-13(19-11)10-6-4-9-15-12(10)18-2/h4,6,9,14H,3,5,7-8H2,1-2H3. The van der Waals surface area contributed by atoms with Gasteiger partial charge in [-0.3, -0.25) is 0 Å². The highest BCUT2D eigenvalue weighted by molar-refractivity contribution is 5.59. The average Bonchev–Trinajstić information content (AvgIpc) is 2.92. The van der Waals surface area contributed by atoms with E-state index in [1.54, 1.807) is 13.3 Å². The molecule has 0 amide bonds. The minimum atomic E-state index is 0.448. The van der Waals surface area contributed by atoms with Crippen LogP contribution in [0.1, 0.15) is 19.2 Å². The van der Waals surface area contributed by atoms with E-state index in [2.05, 4.69) is 27.4 Å². The molecule has 6 heteroatoms. The van der Waals surface area contributed by atoms with Gasteiger partial charge < -0.3 is 14.5 Å². The minimum Gasteiger partial charge on any atom is -0.480 e. The van der Waals surface area contributed by atoms with Crippen LogP contribution in [0.15, 0.2) is 22.7 Å². The first kappa shape index (κ1) is 13.5. The molecule has 2 heterocycles. The molecule has 0 fully saturated rings. The number of rotatable bonds is 7. The van der Waals surface area contributed by atoms with Crippen LogP contribution in [0.5, 0.6) is 5.88 Å². The average molecular weight is 262 g/mol. The predicted molar refractivity (Wildman–Crippen MR) is 70.9 cm³/mol. The Balaban J connectivity index is 2.04. The van der Waals surface area contributed by atoms with E-state index in [0.29, 0.717) is 17.7 Å². The number of nitrogens with one attached hydrogen (secondary N) is 1. The maximum absolute atomic E-state index is 5.62. The highest BCUT2D eigenvalue weighted by Crippen LogP contribution is 2.26.